The number of ketones is 1. The normalized spacial score (nSPS) is 34.9. The average Bonchev–Trinajstić information content (AvgIpc) is 3.29. The largest absolute Gasteiger partial charge is 0.298 e. The minimum atomic E-state index is -0.0330. The van der Waals surface area contributed by atoms with Crippen LogP contribution in [-0.4, -0.2) is 33.7 Å². The Balaban J connectivity index is 1.24. The number of aromatic nitrogens is 2. The Labute approximate surface area is 162 Å². The van der Waals surface area contributed by atoms with E-state index in [4.69, 9.17) is 0 Å². The molecular weight excluding hydrogens is 366 g/mol. The van der Waals surface area contributed by atoms with Gasteiger partial charge < -0.3 is 0 Å². The number of carbonyl (C=O) groups excluding carboxylic acids is 2. The van der Waals surface area contributed by atoms with Gasteiger partial charge >= 0.3 is 0 Å². The maximum Gasteiger partial charge on any atom is 0.225 e. The molecular formula is C19H25N3O2S2. The average molecular weight is 392 g/mol. The van der Waals surface area contributed by atoms with Gasteiger partial charge in [0, 0.05) is 18.4 Å². The molecule has 0 radical (unpaired) electrons. The van der Waals surface area contributed by atoms with Gasteiger partial charge in [-0.1, -0.05) is 23.1 Å². The number of carbonyl (C=O) groups is 2. The van der Waals surface area contributed by atoms with E-state index < -0.39 is 0 Å². The van der Waals surface area contributed by atoms with E-state index >= 15 is 0 Å². The summed E-state index contributed by atoms with van der Waals surface area (Å²) in [6.07, 6.45) is 9.56. The van der Waals surface area contributed by atoms with Crippen LogP contribution >= 0.6 is 23.1 Å². The van der Waals surface area contributed by atoms with Gasteiger partial charge in [0.25, 0.3) is 0 Å². The molecule has 1 heterocycles. The molecule has 5 aliphatic carbocycles. The third-order valence-electron chi connectivity index (χ3n) is 6.81. The first-order chi connectivity index (χ1) is 12.5. The predicted octanol–water partition coefficient (Wildman–Crippen LogP) is 3.93. The molecule has 1 aromatic rings. The number of nitrogens with zero attached hydrogens (tertiary/aromatic N) is 3. The van der Waals surface area contributed by atoms with E-state index in [0.29, 0.717) is 22.7 Å². The molecule has 5 saturated carbocycles. The molecule has 0 spiro atoms. The zero-order valence-electron chi connectivity index (χ0n) is 15.1. The first-order valence-electron chi connectivity index (χ1n) is 9.82. The van der Waals surface area contributed by atoms with E-state index in [-0.39, 0.29) is 11.3 Å². The van der Waals surface area contributed by atoms with Crippen molar-refractivity contribution in [3.05, 3.63) is 0 Å². The fourth-order valence-corrected chi connectivity index (χ4v) is 7.96. The van der Waals surface area contributed by atoms with Crippen LogP contribution in [0.25, 0.3) is 0 Å². The fraction of sp³-hybridized carbons (Fsp3) is 0.789. The van der Waals surface area contributed by atoms with Gasteiger partial charge in [0.05, 0.1) is 5.75 Å². The molecule has 140 valence electrons. The monoisotopic (exact) mass is 391 g/mol. The molecule has 7 heteroatoms. The van der Waals surface area contributed by atoms with Crippen molar-refractivity contribution in [1.82, 2.24) is 10.2 Å². The second-order valence-electron chi connectivity index (χ2n) is 8.88. The highest BCUT2D eigenvalue weighted by Gasteiger charge is 2.54. The van der Waals surface area contributed by atoms with Crippen LogP contribution < -0.4 is 4.90 Å². The quantitative estimate of drug-likeness (QED) is 0.543. The molecule has 5 aliphatic rings. The number of hydrogen-bond acceptors (Lipinski definition) is 6. The number of thioether (sulfide) groups is 1. The number of amides is 1. The summed E-state index contributed by atoms with van der Waals surface area (Å²) in [6.45, 7) is 1.59. The van der Waals surface area contributed by atoms with Gasteiger partial charge in [-0.2, -0.15) is 0 Å². The lowest BCUT2D eigenvalue weighted by atomic mass is 9.48. The van der Waals surface area contributed by atoms with Crippen molar-refractivity contribution in [3.63, 3.8) is 0 Å². The first kappa shape index (κ1) is 17.2. The van der Waals surface area contributed by atoms with Gasteiger partial charge in [-0.3, -0.25) is 14.5 Å². The van der Waals surface area contributed by atoms with E-state index in [1.807, 2.05) is 0 Å². The molecule has 5 nitrogen and oxygen atoms in total. The maximum atomic E-state index is 13.1. The van der Waals surface area contributed by atoms with Gasteiger partial charge in [0.1, 0.15) is 5.78 Å². The first-order valence-corrected chi connectivity index (χ1v) is 11.6. The van der Waals surface area contributed by atoms with Crippen molar-refractivity contribution < 1.29 is 9.59 Å². The number of hydrogen-bond donors (Lipinski definition) is 0. The molecule has 0 atom stereocenters. The Morgan fingerprint density at radius 1 is 1.12 bits per heavy atom. The van der Waals surface area contributed by atoms with Crippen molar-refractivity contribution in [2.45, 2.75) is 68.7 Å². The highest BCUT2D eigenvalue weighted by molar-refractivity contribution is 8.01. The topological polar surface area (TPSA) is 63.2 Å². The molecule has 0 saturated heterocycles. The summed E-state index contributed by atoms with van der Waals surface area (Å²) in [6, 6.07) is 0.298. The van der Waals surface area contributed by atoms with Crippen molar-refractivity contribution in [2.24, 2.45) is 23.2 Å². The van der Waals surface area contributed by atoms with Crippen LogP contribution in [0, 0.1) is 23.2 Å². The number of rotatable bonds is 6. The standard InChI is InChI=1S/C19H25N3O2S2/c1-11(23)22(15-2-3-15)17-20-21-18(26-17)25-10-16(24)19-7-12-4-13(8-19)6-14(5-12)9-19/h12-15H,2-10H2,1H3. The molecule has 0 unspecified atom stereocenters. The lowest BCUT2D eigenvalue weighted by Crippen LogP contribution is -2.50. The molecule has 26 heavy (non-hydrogen) atoms. The highest BCUT2D eigenvalue weighted by Crippen LogP contribution is 2.60. The van der Waals surface area contributed by atoms with Crippen LogP contribution in [0.2, 0.25) is 0 Å². The molecule has 0 N–H and O–H groups in total. The number of anilines is 1. The van der Waals surface area contributed by atoms with E-state index in [1.54, 1.807) is 11.8 Å². The minimum absolute atomic E-state index is 0.0323. The number of Topliss-reactive ketones (excluding diaryl/α,β-unsaturated/α-hetero) is 1. The van der Waals surface area contributed by atoms with Crippen molar-refractivity contribution >= 4 is 39.9 Å². The van der Waals surface area contributed by atoms with Gasteiger partial charge in [-0.15, -0.1) is 10.2 Å². The third-order valence-corrected chi connectivity index (χ3v) is 8.87. The molecule has 5 fully saturated rings. The smallest absolute Gasteiger partial charge is 0.225 e. The summed E-state index contributed by atoms with van der Waals surface area (Å²) >= 11 is 2.97. The van der Waals surface area contributed by atoms with E-state index in [9.17, 15) is 9.59 Å². The van der Waals surface area contributed by atoms with Gasteiger partial charge in [-0.05, 0) is 69.1 Å². The Hall–Kier alpha value is -0.950. The molecule has 6 rings (SSSR count). The van der Waals surface area contributed by atoms with Gasteiger partial charge in [0.2, 0.25) is 11.0 Å². The van der Waals surface area contributed by atoms with E-state index in [1.165, 1.54) is 42.4 Å². The SMILES string of the molecule is CC(=O)N(c1nnc(SCC(=O)C23CC4CC(CC(C4)C2)C3)s1)C1CC1. The third kappa shape index (κ3) is 3.01. The second kappa shape index (κ2) is 6.30. The summed E-state index contributed by atoms with van der Waals surface area (Å²) in [5.41, 5.74) is -0.0330. The van der Waals surface area contributed by atoms with E-state index in [2.05, 4.69) is 10.2 Å². The Morgan fingerprint density at radius 2 is 1.73 bits per heavy atom. The van der Waals surface area contributed by atoms with Crippen LogP contribution in [-0.2, 0) is 9.59 Å². The summed E-state index contributed by atoms with van der Waals surface area (Å²) in [5, 5.41) is 9.13. The van der Waals surface area contributed by atoms with Crippen molar-refractivity contribution in [1.29, 1.82) is 0 Å². The predicted molar refractivity (Wildman–Crippen MR) is 102 cm³/mol. The summed E-state index contributed by atoms with van der Waals surface area (Å²) in [4.78, 5) is 26.7. The Bertz CT molecular complexity index is 708. The second-order valence-corrected chi connectivity index (χ2v) is 11.1. The zero-order valence-corrected chi connectivity index (χ0v) is 16.8. The highest BCUT2D eigenvalue weighted by atomic mass is 32.2. The minimum Gasteiger partial charge on any atom is -0.298 e. The lowest BCUT2D eigenvalue weighted by molar-refractivity contribution is -0.141. The molecule has 0 aliphatic heterocycles. The van der Waals surface area contributed by atoms with E-state index in [0.717, 1.165) is 54.2 Å². The Morgan fingerprint density at radius 3 is 2.27 bits per heavy atom. The molecule has 1 amide bonds. The van der Waals surface area contributed by atoms with Crippen LogP contribution in [0.15, 0.2) is 4.34 Å². The molecule has 4 bridgehead atoms. The van der Waals surface area contributed by atoms with Crippen LogP contribution in [0.3, 0.4) is 0 Å². The summed E-state index contributed by atoms with van der Waals surface area (Å²) in [7, 11) is 0. The lowest BCUT2D eigenvalue weighted by Gasteiger charge is -2.56. The zero-order chi connectivity index (χ0) is 17.9. The summed E-state index contributed by atoms with van der Waals surface area (Å²) in [5.74, 6) is 3.36. The van der Waals surface area contributed by atoms with Gasteiger partial charge in [0.15, 0.2) is 4.34 Å². The van der Waals surface area contributed by atoms with Crippen LogP contribution in [0.4, 0.5) is 5.13 Å². The van der Waals surface area contributed by atoms with Crippen LogP contribution in [0.5, 0.6) is 0 Å². The molecule has 0 aromatic carbocycles. The summed E-state index contributed by atoms with van der Waals surface area (Å²) < 4.78 is 0.810. The van der Waals surface area contributed by atoms with Crippen molar-refractivity contribution in [3.8, 4) is 0 Å². The van der Waals surface area contributed by atoms with Crippen LogP contribution in [0.1, 0.15) is 58.3 Å². The maximum absolute atomic E-state index is 13.1. The fourth-order valence-electron chi connectivity index (χ4n) is 5.97. The molecule has 1 aromatic heterocycles. The Kier molecular flexibility index (Phi) is 4.16. The van der Waals surface area contributed by atoms with Crippen molar-refractivity contribution in [2.75, 3.05) is 10.7 Å². The van der Waals surface area contributed by atoms with Gasteiger partial charge in [-0.25, -0.2) is 0 Å².